The van der Waals surface area contributed by atoms with Gasteiger partial charge < -0.3 is 10.0 Å². The lowest BCUT2D eigenvalue weighted by molar-refractivity contribution is -0.150. The third-order valence-corrected chi connectivity index (χ3v) is 6.07. The molecule has 1 heterocycles. The van der Waals surface area contributed by atoms with Crippen molar-refractivity contribution >= 4 is 33.3 Å². The van der Waals surface area contributed by atoms with Gasteiger partial charge in [0.25, 0.3) is 0 Å². The first-order chi connectivity index (χ1) is 10.3. The minimum absolute atomic E-state index is 0.0788. The lowest BCUT2D eigenvalue weighted by atomic mass is 9.76. The standard InChI is InChI=1S/C14H14ClNO5S/c15-9-2-1-8-5-11(10(8)6-9)13(17)16-3-4-22(20,21)7-12(16)14(18)19/h1-2,6,11-12H,3-5,7H2,(H,18,19). The molecule has 3 rings (SSSR count). The van der Waals surface area contributed by atoms with Gasteiger partial charge in [0, 0.05) is 11.6 Å². The van der Waals surface area contributed by atoms with Crippen LogP contribution in [0.1, 0.15) is 17.0 Å². The average Bonchev–Trinajstić information content (AvgIpc) is 2.41. The van der Waals surface area contributed by atoms with E-state index in [0.29, 0.717) is 11.4 Å². The predicted octanol–water partition coefficient (Wildman–Crippen LogP) is 0.690. The van der Waals surface area contributed by atoms with Crippen LogP contribution < -0.4 is 0 Å². The zero-order valence-electron chi connectivity index (χ0n) is 11.5. The van der Waals surface area contributed by atoms with E-state index in [1.807, 2.05) is 6.07 Å². The van der Waals surface area contributed by atoms with Crippen LogP contribution in [0.25, 0.3) is 0 Å². The third kappa shape index (κ3) is 2.59. The first-order valence-corrected chi connectivity index (χ1v) is 9.00. The van der Waals surface area contributed by atoms with E-state index in [2.05, 4.69) is 0 Å². The molecule has 2 aliphatic rings. The van der Waals surface area contributed by atoms with Crippen molar-refractivity contribution in [1.82, 2.24) is 4.90 Å². The Bertz CT molecular complexity index is 760. The summed E-state index contributed by atoms with van der Waals surface area (Å²) in [5.74, 6) is -2.78. The number of fused-ring (bicyclic) bond motifs is 1. The third-order valence-electron chi connectivity index (χ3n) is 4.20. The molecule has 8 heteroatoms. The molecule has 0 bridgehead atoms. The van der Waals surface area contributed by atoms with Crippen molar-refractivity contribution in [2.24, 2.45) is 0 Å². The van der Waals surface area contributed by atoms with E-state index < -0.39 is 33.5 Å². The molecule has 1 aromatic carbocycles. The minimum Gasteiger partial charge on any atom is -0.480 e. The Morgan fingerprint density at radius 1 is 1.32 bits per heavy atom. The van der Waals surface area contributed by atoms with Crippen LogP contribution >= 0.6 is 11.6 Å². The monoisotopic (exact) mass is 343 g/mol. The summed E-state index contributed by atoms with van der Waals surface area (Å²) in [7, 11) is -3.42. The summed E-state index contributed by atoms with van der Waals surface area (Å²) in [5.41, 5.74) is 1.81. The summed E-state index contributed by atoms with van der Waals surface area (Å²) in [6.45, 7) is -0.0788. The van der Waals surface area contributed by atoms with Crippen LogP contribution in [0, 0.1) is 0 Å². The van der Waals surface area contributed by atoms with Crippen LogP contribution in [-0.2, 0) is 25.8 Å². The van der Waals surface area contributed by atoms with Crippen molar-refractivity contribution in [3.8, 4) is 0 Å². The highest BCUT2D eigenvalue weighted by Crippen LogP contribution is 2.38. The lowest BCUT2D eigenvalue weighted by Gasteiger charge is -2.38. The van der Waals surface area contributed by atoms with Crippen LogP contribution in [0.4, 0.5) is 0 Å². The topological polar surface area (TPSA) is 91.8 Å². The van der Waals surface area contributed by atoms with Gasteiger partial charge in [0.05, 0.1) is 17.4 Å². The fourth-order valence-corrected chi connectivity index (χ4v) is 4.60. The van der Waals surface area contributed by atoms with E-state index >= 15 is 0 Å². The van der Waals surface area contributed by atoms with Crippen LogP contribution in [0.15, 0.2) is 18.2 Å². The maximum Gasteiger partial charge on any atom is 0.327 e. The summed E-state index contributed by atoms with van der Waals surface area (Å²) in [4.78, 5) is 25.1. The van der Waals surface area contributed by atoms with E-state index in [1.54, 1.807) is 12.1 Å². The number of carbonyl (C=O) groups excluding carboxylic acids is 1. The van der Waals surface area contributed by atoms with Crippen molar-refractivity contribution in [1.29, 1.82) is 0 Å². The lowest BCUT2D eigenvalue weighted by Crippen LogP contribution is -2.56. The van der Waals surface area contributed by atoms with Crippen molar-refractivity contribution in [2.75, 3.05) is 18.1 Å². The van der Waals surface area contributed by atoms with E-state index in [-0.39, 0.29) is 18.2 Å². The minimum atomic E-state index is -3.42. The van der Waals surface area contributed by atoms with Crippen molar-refractivity contribution in [3.63, 3.8) is 0 Å². The number of rotatable bonds is 2. The number of benzene rings is 1. The molecule has 6 nitrogen and oxygen atoms in total. The molecule has 118 valence electrons. The Labute approximate surface area is 132 Å². The second kappa shape index (κ2) is 5.24. The van der Waals surface area contributed by atoms with Crippen molar-refractivity contribution in [3.05, 3.63) is 34.3 Å². The van der Waals surface area contributed by atoms with Gasteiger partial charge in [0.15, 0.2) is 9.84 Å². The second-order valence-electron chi connectivity index (χ2n) is 5.60. The number of carboxylic acids is 1. The fraction of sp³-hybridized carbons (Fsp3) is 0.429. The molecule has 1 N–H and O–H groups in total. The molecule has 1 aliphatic carbocycles. The molecule has 1 aromatic rings. The van der Waals surface area contributed by atoms with Gasteiger partial charge in [-0.15, -0.1) is 0 Å². The van der Waals surface area contributed by atoms with E-state index in [1.165, 1.54) is 4.90 Å². The van der Waals surface area contributed by atoms with Crippen LogP contribution in [-0.4, -0.2) is 54.4 Å². The summed E-state index contributed by atoms with van der Waals surface area (Å²) in [6, 6.07) is 3.99. The second-order valence-corrected chi connectivity index (χ2v) is 8.27. The predicted molar refractivity (Wildman–Crippen MR) is 79.7 cm³/mol. The Balaban J connectivity index is 1.85. The Kier molecular flexibility index (Phi) is 3.65. The van der Waals surface area contributed by atoms with Gasteiger partial charge in [-0.1, -0.05) is 17.7 Å². The van der Waals surface area contributed by atoms with E-state index in [0.717, 1.165) is 11.1 Å². The van der Waals surface area contributed by atoms with Crippen LogP contribution in [0.5, 0.6) is 0 Å². The Morgan fingerprint density at radius 3 is 2.73 bits per heavy atom. The zero-order chi connectivity index (χ0) is 16.1. The molecule has 22 heavy (non-hydrogen) atoms. The SMILES string of the molecule is O=C(O)C1CS(=O)(=O)CCN1C(=O)C1Cc2ccc(Cl)cc21. The van der Waals surface area contributed by atoms with E-state index in [9.17, 15) is 23.1 Å². The highest BCUT2D eigenvalue weighted by molar-refractivity contribution is 7.91. The highest BCUT2D eigenvalue weighted by Gasteiger charge is 2.43. The molecule has 1 amide bonds. The maximum atomic E-state index is 12.6. The molecule has 1 fully saturated rings. The van der Waals surface area contributed by atoms with Crippen molar-refractivity contribution in [2.45, 2.75) is 18.4 Å². The summed E-state index contributed by atoms with van der Waals surface area (Å²) < 4.78 is 23.2. The van der Waals surface area contributed by atoms with Crippen molar-refractivity contribution < 1.29 is 23.1 Å². The molecule has 2 unspecified atom stereocenters. The summed E-state index contributed by atoms with van der Waals surface area (Å²) in [6.07, 6.45) is 0.529. The molecular formula is C14H14ClNO5S. The van der Waals surface area contributed by atoms with Gasteiger partial charge in [-0.3, -0.25) is 4.79 Å². The maximum absolute atomic E-state index is 12.6. The van der Waals surface area contributed by atoms with Crippen LogP contribution in [0.2, 0.25) is 5.02 Å². The Morgan fingerprint density at radius 2 is 2.05 bits per heavy atom. The fourth-order valence-electron chi connectivity index (χ4n) is 2.97. The van der Waals surface area contributed by atoms with Gasteiger partial charge in [0.1, 0.15) is 6.04 Å². The number of aliphatic carboxylic acids is 1. The number of sulfone groups is 1. The molecule has 1 aliphatic heterocycles. The number of hydrogen-bond donors (Lipinski definition) is 1. The molecule has 1 saturated heterocycles. The first kappa shape index (κ1) is 15.3. The van der Waals surface area contributed by atoms with Gasteiger partial charge in [0.2, 0.25) is 5.91 Å². The van der Waals surface area contributed by atoms with Gasteiger partial charge in [-0.05, 0) is 29.7 Å². The summed E-state index contributed by atoms with van der Waals surface area (Å²) >= 11 is 5.92. The smallest absolute Gasteiger partial charge is 0.327 e. The number of carboxylic acid groups (broad SMARTS) is 1. The Hall–Kier alpha value is -1.60. The molecule has 0 saturated carbocycles. The quantitative estimate of drug-likeness (QED) is 0.853. The molecule has 0 spiro atoms. The van der Waals surface area contributed by atoms with E-state index in [4.69, 9.17) is 11.6 Å². The summed E-state index contributed by atoms with van der Waals surface area (Å²) in [5, 5.41) is 9.74. The first-order valence-electron chi connectivity index (χ1n) is 6.80. The average molecular weight is 344 g/mol. The number of halogens is 1. The van der Waals surface area contributed by atoms with Gasteiger partial charge in [-0.2, -0.15) is 0 Å². The molecule has 0 radical (unpaired) electrons. The number of amides is 1. The van der Waals surface area contributed by atoms with Gasteiger partial charge in [-0.25, -0.2) is 13.2 Å². The molecular weight excluding hydrogens is 330 g/mol. The number of nitrogens with zero attached hydrogens (tertiary/aromatic N) is 1. The largest absolute Gasteiger partial charge is 0.480 e. The number of hydrogen-bond acceptors (Lipinski definition) is 4. The highest BCUT2D eigenvalue weighted by atomic mass is 35.5. The zero-order valence-corrected chi connectivity index (χ0v) is 13.1. The number of carbonyl (C=O) groups is 2. The van der Waals surface area contributed by atoms with Crippen LogP contribution in [0.3, 0.4) is 0 Å². The molecule has 0 aromatic heterocycles. The normalized spacial score (nSPS) is 26.0. The molecule has 2 atom stereocenters. The van der Waals surface area contributed by atoms with Gasteiger partial charge >= 0.3 is 5.97 Å².